The second kappa shape index (κ2) is 8.00. The lowest BCUT2D eigenvalue weighted by Gasteiger charge is -2.33. The lowest BCUT2D eigenvalue weighted by Crippen LogP contribution is -2.42. The smallest absolute Gasteiger partial charge is 0.193 e. The van der Waals surface area contributed by atoms with Crippen molar-refractivity contribution in [1.29, 1.82) is 0 Å². The Labute approximate surface area is 145 Å². The summed E-state index contributed by atoms with van der Waals surface area (Å²) in [4.78, 5) is 7.20. The van der Waals surface area contributed by atoms with Crippen LogP contribution in [0.3, 0.4) is 0 Å². The first-order valence-electron chi connectivity index (χ1n) is 9.28. The number of aliphatic imine (C=N–C) groups is 1. The van der Waals surface area contributed by atoms with Gasteiger partial charge in [-0.2, -0.15) is 0 Å². The number of hydrogen-bond acceptors (Lipinski definition) is 2. The third kappa shape index (κ3) is 5.20. The van der Waals surface area contributed by atoms with E-state index in [9.17, 15) is 4.21 Å². The summed E-state index contributed by atoms with van der Waals surface area (Å²) in [5, 5.41) is 3.44. The quantitative estimate of drug-likeness (QED) is 0.631. The molecule has 0 aromatic heterocycles. The van der Waals surface area contributed by atoms with Crippen LogP contribution in [0.4, 0.5) is 0 Å². The van der Waals surface area contributed by atoms with Gasteiger partial charge in [0.1, 0.15) is 0 Å². The summed E-state index contributed by atoms with van der Waals surface area (Å²) < 4.78 is 12.0. The molecule has 0 radical (unpaired) electrons. The topological polar surface area (TPSA) is 44.7 Å². The number of hydrogen-bond donors (Lipinski definition) is 1. The largest absolute Gasteiger partial charge is 0.357 e. The Morgan fingerprint density at radius 1 is 1.22 bits per heavy atom. The van der Waals surface area contributed by atoms with Gasteiger partial charge in [-0.25, -0.2) is 0 Å². The summed E-state index contributed by atoms with van der Waals surface area (Å²) in [5.74, 6) is 1.68. The number of nitrogens with one attached hydrogen (secondary N) is 1. The fraction of sp³-hybridized carbons (Fsp3) is 0.944. The molecule has 2 aliphatic rings. The summed E-state index contributed by atoms with van der Waals surface area (Å²) in [6.45, 7) is 12.0. The van der Waals surface area contributed by atoms with Crippen LogP contribution in [0.5, 0.6) is 0 Å². The van der Waals surface area contributed by atoms with Gasteiger partial charge in [-0.1, -0.05) is 19.3 Å². The summed E-state index contributed by atoms with van der Waals surface area (Å²) in [7, 11) is -0.823. The predicted molar refractivity (Wildman–Crippen MR) is 100 cm³/mol. The summed E-state index contributed by atoms with van der Waals surface area (Å²) in [5.41, 5.74) is 0.544. The Morgan fingerprint density at radius 2 is 1.91 bits per heavy atom. The SMILES string of the molecule is CCNC(=NCCS(=O)C(C)(C)C)N1CCC2(CCCCC2)C1. The zero-order valence-electron chi connectivity index (χ0n) is 15.5. The van der Waals surface area contributed by atoms with E-state index in [0.29, 0.717) is 17.7 Å². The summed E-state index contributed by atoms with van der Waals surface area (Å²) >= 11 is 0. The van der Waals surface area contributed by atoms with Crippen LogP contribution < -0.4 is 5.32 Å². The first kappa shape index (κ1) is 18.8. The van der Waals surface area contributed by atoms with Gasteiger partial charge in [-0.15, -0.1) is 0 Å². The molecule has 1 unspecified atom stereocenters. The molecule has 1 N–H and O–H groups in total. The van der Waals surface area contributed by atoms with E-state index in [-0.39, 0.29) is 4.75 Å². The Morgan fingerprint density at radius 3 is 2.52 bits per heavy atom. The number of rotatable bonds is 4. The van der Waals surface area contributed by atoms with Gasteiger partial charge in [0.2, 0.25) is 0 Å². The molecule has 1 aliphatic carbocycles. The molecule has 4 nitrogen and oxygen atoms in total. The lowest BCUT2D eigenvalue weighted by molar-refractivity contribution is 0.203. The van der Waals surface area contributed by atoms with E-state index in [1.807, 2.05) is 20.8 Å². The summed E-state index contributed by atoms with van der Waals surface area (Å²) in [6, 6.07) is 0. The van der Waals surface area contributed by atoms with Crippen LogP contribution >= 0.6 is 0 Å². The lowest BCUT2D eigenvalue weighted by atomic mass is 9.73. The van der Waals surface area contributed by atoms with Crippen molar-refractivity contribution >= 4 is 16.8 Å². The highest BCUT2D eigenvalue weighted by Crippen LogP contribution is 2.43. The molecule has 1 spiro atoms. The van der Waals surface area contributed by atoms with Crippen LogP contribution in [-0.2, 0) is 10.8 Å². The van der Waals surface area contributed by atoms with E-state index in [4.69, 9.17) is 4.99 Å². The number of likely N-dealkylation sites (tertiary alicyclic amines) is 1. The fourth-order valence-electron chi connectivity index (χ4n) is 3.79. The molecule has 1 saturated carbocycles. The molecule has 2 fully saturated rings. The van der Waals surface area contributed by atoms with Crippen molar-refractivity contribution in [3.8, 4) is 0 Å². The maximum atomic E-state index is 12.2. The zero-order valence-corrected chi connectivity index (χ0v) is 16.3. The van der Waals surface area contributed by atoms with Crippen molar-refractivity contribution < 1.29 is 4.21 Å². The molecule has 1 aliphatic heterocycles. The highest BCUT2D eigenvalue weighted by molar-refractivity contribution is 7.86. The van der Waals surface area contributed by atoms with Gasteiger partial charge in [0.05, 0.1) is 6.54 Å². The normalized spacial score (nSPS) is 23.3. The molecule has 0 aromatic carbocycles. The van der Waals surface area contributed by atoms with Gasteiger partial charge in [0.25, 0.3) is 0 Å². The van der Waals surface area contributed by atoms with Crippen molar-refractivity contribution in [2.45, 2.75) is 71.0 Å². The molecule has 23 heavy (non-hydrogen) atoms. The second-order valence-electron chi connectivity index (χ2n) is 8.13. The van der Waals surface area contributed by atoms with E-state index in [1.54, 1.807) is 0 Å². The van der Waals surface area contributed by atoms with Gasteiger partial charge in [0.15, 0.2) is 5.96 Å². The highest BCUT2D eigenvalue weighted by atomic mass is 32.2. The highest BCUT2D eigenvalue weighted by Gasteiger charge is 2.39. The van der Waals surface area contributed by atoms with Gasteiger partial charge in [0, 0.05) is 40.9 Å². The van der Waals surface area contributed by atoms with Crippen molar-refractivity contribution in [2.75, 3.05) is 31.9 Å². The predicted octanol–water partition coefficient (Wildman–Crippen LogP) is 3.16. The number of nitrogens with zero attached hydrogens (tertiary/aromatic N) is 2. The average Bonchev–Trinajstić information content (AvgIpc) is 2.89. The Hall–Kier alpha value is -0.580. The first-order valence-corrected chi connectivity index (χ1v) is 10.6. The average molecular weight is 342 g/mol. The molecule has 1 atom stereocenters. The molecule has 0 aromatic rings. The van der Waals surface area contributed by atoms with Gasteiger partial charge in [-0.3, -0.25) is 9.20 Å². The minimum Gasteiger partial charge on any atom is -0.357 e. The first-order chi connectivity index (χ1) is 10.9. The Kier molecular flexibility index (Phi) is 6.52. The van der Waals surface area contributed by atoms with Crippen LogP contribution in [0, 0.1) is 5.41 Å². The Balaban J connectivity index is 1.93. The van der Waals surface area contributed by atoms with Crippen LogP contribution in [-0.4, -0.2) is 51.7 Å². The van der Waals surface area contributed by atoms with Gasteiger partial charge >= 0.3 is 0 Å². The third-order valence-corrected chi connectivity index (χ3v) is 7.13. The van der Waals surface area contributed by atoms with Crippen LogP contribution in [0.1, 0.15) is 66.2 Å². The van der Waals surface area contributed by atoms with E-state index >= 15 is 0 Å². The molecule has 134 valence electrons. The van der Waals surface area contributed by atoms with Crippen LogP contribution in [0.2, 0.25) is 0 Å². The van der Waals surface area contributed by atoms with Crippen LogP contribution in [0.15, 0.2) is 4.99 Å². The number of guanidine groups is 1. The maximum Gasteiger partial charge on any atom is 0.193 e. The molecule has 0 amide bonds. The van der Waals surface area contributed by atoms with E-state index in [2.05, 4.69) is 17.1 Å². The molecule has 0 bridgehead atoms. The second-order valence-corrected chi connectivity index (χ2v) is 10.5. The van der Waals surface area contributed by atoms with E-state index in [0.717, 1.165) is 25.6 Å². The monoisotopic (exact) mass is 341 g/mol. The van der Waals surface area contributed by atoms with Crippen molar-refractivity contribution in [1.82, 2.24) is 10.2 Å². The third-order valence-electron chi connectivity index (χ3n) is 5.21. The minimum absolute atomic E-state index is 0.145. The van der Waals surface area contributed by atoms with E-state index in [1.165, 1.54) is 38.5 Å². The van der Waals surface area contributed by atoms with Crippen LogP contribution in [0.25, 0.3) is 0 Å². The zero-order chi connectivity index (χ0) is 16.9. The Bertz CT molecular complexity index is 436. The molecule has 1 saturated heterocycles. The van der Waals surface area contributed by atoms with Crippen molar-refractivity contribution in [3.63, 3.8) is 0 Å². The van der Waals surface area contributed by atoms with Crippen molar-refractivity contribution in [2.24, 2.45) is 10.4 Å². The molecule has 2 rings (SSSR count). The standard InChI is InChI=1S/C18H35N3OS/c1-5-19-16(20-12-14-23(22)17(2,3)4)21-13-11-18(15-21)9-7-6-8-10-18/h5-15H2,1-4H3,(H,19,20). The van der Waals surface area contributed by atoms with E-state index < -0.39 is 10.8 Å². The molecular weight excluding hydrogens is 306 g/mol. The maximum absolute atomic E-state index is 12.2. The molecule has 1 heterocycles. The van der Waals surface area contributed by atoms with Crippen molar-refractivity contribution in [3.05, 3.63) is 0 Å². The molecular formula is C18H35N3OS. The van der Waals surface area contributed by atoms with Gasteiger partial charge < -0.3 is 10.2 Å². The summed E-state index contributed by atoms with van der Waals surface area (Å²) in [6.07, 6.45) is 8.28. The fourth-order valence-corrected chi connectivity index (χ4v) is 4.66. The molecule has 5 heteroatoms. The minimum atomic E-state index is -0.823. The van der Waals surface area contributed by atoms with Gasteiger partial charge in [-0.05, 0) is 52.4 Å².